The maximum atomic E-state index is 13.1. The van der Waals surface area contributed by atoms with Crippen molar-refractivity contribution in [3.05, 3.63) is 35.6 Å². The Morgan fingerprint density at radius 1 is 1.28 bits per heavy atom. The first-order chi connectivity index (χ1) is 11.9. The normalized spacial score (nSPS) is 19.5. The highest BCUT2D eigenvalue weighted by atomic mass is 19.1. The second kappa shape index (κ2) is 9.30. The number of benzene rings is 1. The molecular weight excluding hydrogens is 317 g/mol. The van der Waals surface area contributed by atoms with Crippen LogP contribution in [0.2, 0.25) is 0 Å². The lowest BCUT2D eigenvalue weighted by Gasteiger charge is -2.35. The molecule has 0 saturated carbocycles. The molecule has 0 spiro atoms. The highest BCUT2D eigenvalue weighted by molar-refractivity contribution is 5.78. The molecule has 5 heteroatoms. The Morgan fingerprint density at radius 3 is 2.56 bits per heavy atom. The van der Waals surface area contributed by atoms with Gasteiger partial charge >= 0.3 is 0 Å². The highest BCUT2D eigenvalue weighted by Crippen LogP contribution is 2.20. The third-order valence-electron chi connectivity index (χ3n) is 5.12. The third-order valence-corrected chi connectivity index (χ3v) is 5.12. The van der Waals surface area contributed by atoms with E-state index in [1.54, 1.807) is 0 Å². The van der Waals surface area contributed by atoms with Gasteiger partial charge in [-0.05, 0) is 43.6 Å². The van der Waals surface area contributed by atoms with Gasteiger partial charge in [0.25, 0.3) is 0 Å². The highest BCUT2D eigenvalue weighted by Gasteiger charge is 2.29. The Labute approximate surface area is 151 Å². The summed E-state index contributed by atoms with van der Waals surface area (Å²) in [6, 6.07) is 7.08. The van der Waals surface area contributed by atoms with Gasteiger partial charge in [0.2, 0.25) is 5.91 Å². The molecule has 0 bridgehead atoms. The van der Waals surface area contributed by atoms with E-state index in [4.69, 9.17) is 0 Å². The van der Waals surface area contributed by atoms with Gasteiger partial charge in [0.05, 0.1) is 6.54 Å². The van der Waals surface area contributed by atoms with Crippen LogP contribution in [-0.4, -0.2) is 66.4 Å². The minimum Gasteiger partial charge on any atom is -0.340 e. The number of likely N-dealkylation sites (N-methyl/N-ethyl adjacent to an activating group) is 1. The Bertz CT molecular complexity index is 546. The molecule has 0 radical (unpaired) electrons. The van der Waals surface area contributed by atoms with E-state index in [9.17, 15) is 9.18 Å². The summed E-state index contributed by atoms with van der Waals surface area (Å²) in [5, 5.41) is 0. The molecule has 1 aromatic rings. The van der Waals surface area contributed by atoms with Gasteiger partial charge in [-0.1, -0.05) is 32.9 Å². The van der Waals surface area contributed by atoms with Crippen molar-refractivity contribution < 1.29 is 9.18 Å². The van der Waals surface area contributed by atoms with E-state index in [2.05, 4.69) is 25.7 Å². The predicted molar refractivity (Wildman–Crippen MR) is 99.8 cm³/mol. The molecule has 1 aromatic carbocycles. The molecule has 25 heavy (non-hydrogen) atoms. The average Bonchev–Trinajstić information content (AvgIpc) is 2.79. The van der Waals surface area contributed by atoms with Crippen LogP contribution in [0.15, 0.2) is 24.3 Å². The molecule has 1 amide bonds. The van der Waals surface area contributed by atoms with Crippen LogP contribution >= 0.6 is 0 Å². The zero-order valence-corrected chi connectivity index (χ0v) is 16.0. The number of nitrogens with zero attached hydrogens (tertiary/aromatic N) is 3. The lowest BCUT2D eigenvalue weighted by molar-refractivity contribution is -0.132. The van der Waals surface area contributed by atoms with E-state index >= 15 is 0 Å². The fraction of sp³-hybridized carbons (Fsp3) is 0.650. The largest absolute Gasteiger partial charge is 0.340 e. The van der Waals surface area contributed by atoms with Crippen molar-refractivity contribution in [1.82, 2.24) is 14.7 Å². The molecule has 1 aliphatic heterocycles. The van der Waals surface area contributed by atoms with Gasteiger partial charge in [0.15, 0.2) is 0 Å². The Balaban J connectivity index is 2.06. The number of rotatable bonds is 6. The first-order valence-corrected chi connectivity index (χ1v) is 9.35. The lowest BCUT2D eigenvalue weighted by Crippen LogP contribution is -2.47. The van der Waals surface area contributed by atoms with E-state index in [1.165, 1.54) is 12.1 Å². The van der Waals surface area contributed by atoms with Crippen molar-refractivity contribution in [2.24, 2.45) is 5.92 Å². The standard InChI is InChI=1S/C20H32FN3O/c1-5-22(4)15-20(25)24-12-6-11-23(19(14-24)16(2)3)13-17-7-9-18(21)10-8-17/h7-10,16,19H,5-6,11-15H2,1-4H3/t19-/m1/s1. The minimum atomic E-state index is -0.197. The summed E-state index contributed by atoms with van der Waals surface area (Å²) in [4.78, 5) is 19.1. The van der Waals surface area contributed by atoms with Gasteiger partial charge in [-0.3, -0.25) is 14.6 Å². The van der Waals surface area contributed by atoms with Gasteiger partial charge in [0, 0.05) is 32.2 Å². The predicted octanol–water partition coefficient (Wildman–Crippen LogP) is 2.84. The van der Waals surface area contributed by atoms with E-state index in [0.29, 0.717) is 18.5 Å². The topological polar surface area (TPSA) is 26.8 Å². The maximum Gasteiger partial charge on any atom is 0.236 e. The summed E-state index contributed by atoms with van der Waals surface area (Å²) in [6.07, 6.45) is 0.978. The number of amides is 1. The minimum absolute atomic E-state index is 0.197. The summed E-state index contributed by atoms with van der Waals surface area (Å²) in [7, 11) is 1.98. The van der Waals surface area contributed by atoms with Crippen molar-refractivity contribution >= 4 is 5.91 Å². The molecule has 2 rings (SSSR count). The number of halogens is 1. The van der Waals surface area contributed by atoms with Gasteiger partial charge in [0.1, 0.15) is 5.82 Å². The summed E-state index contributed by atoms with van der Waals surface area (Å²) in [5.74, 6) is 0.480. The Hall–Kier alpha value is -1.46. The average molecular weight is 349 g/mol. The molecule has 1 saturated heterocycles. The fourth-order valence-corrected chi connectivity index (χ4v) is 3.39. The van der Waals surface area contributed by atoms with Crippen molar-refractivity contribution in [3.8, 4) is 0 Å². The molecule has 0 aliphatic carbocycles. The third kappa shape index (κ3) is 5.79. The van der Waals surface area contributed by atoms with Crippen LogP contribution in [0, 0.1) is 11.7 Å². The molecule has 1 heterocycles. The van der Waals surface area contributed by atoms with E-state index in [0.717, 1.165) is 44.7 Å². The first-order valence-electron chi connectivity index (χ1n) is 9.35. The zero-order chi connectivity index (χ0) is 18.4. The van der Waals surface area contributed by atoms with Crippen LogP contribution < -0.4 is 0 Å². The Kier molecular flexibility index (Phi) is 7.38. The second-order valence-corrected chi connectivity index (χ2v) is 7.43. The van der Waals surface area contributed by atoms with E-state index in [-0.39, 0.29) is 11.7 Å². The zero-order valence-electron chi connectivity index (χ0n) is 16.0. The lowest BCUT2D eigenvalue weighted by atomic mass is 10.0. The molecular formula is C20H32FN3O. The van der Waals surface area contributed by atoms with E-state index < -0.39 is 0 Å². The summed E-state index contributed by atoms with van der Waals surface area (Å²) in [6.45, 7) is 11.2. The van der Waals surface area contributed by atoms with Crippen LogP contribution in [0.4, 0.5) is 4.39 Å². The number of carbonyl (C=O) groups is 1. The molecule has 0 aromatic heterocycles. The summed E-state index contributed by atoms with van der Waals surface area (Å²) in [5.41, 5.74) is 1.12. The Morgan fingerprint density at radius 2 is 1.96 bits per heavy atom. The second-order valence-electron chi connectivity index (χ2n) is 7.43. The molecule has 140 valence electrons. The number of carbonyl (C=O) groups excluding carboxylic acids is 1. The van der Waals surface area contributed by atoms with Crippen LogP contribution in [-0.2, 0) is 11.3 Å². The van der Waals surface area contributed by atoms with Gasteiger partial charge in [-0.15, -0.1) is 0 Å². The summed E-state index contributed by atoms with van der Waals surface area (Å²) >= 11 is 0. The number of hydrogen-bond donors (Lipinski definition) is 0. The molecule has 0 N–H and O–H groups in total. The van der Waals surface area contributed by atoms with Crippen molar-refractivity contribution in [1.29, 1.82) is 0 Å². The van der Waals surface area contributed by atoms with Crippen LogP contribution in [0.1, 0.15) is 32.8 Å². The van der Waals surface area contributed by atoms with Crippen LogP contribution in [0.3, 0.4) is 0 Å². The van der Waals surface area contributed by atoms with Gasteiger partial charge < -0.3 is 4.90 Å². The SMILES string of the molecule is CCN(C)CC(=O)N1CCCN(Cc2ccc(F)cc2)[C@@H](C(C)C)C1. The quantitative estimate of drug-likeness (QED) is 0.790. The van der Waals surface area contributed by atoms with Crippen molar-refractivity contribution in [2.75, 3.05) is 39.8 Å². The molecule has 1 aliphatic rings. The number of hydrogen-bond acceptors (Lipinski definition) is 3. The smallest absolute Gasteiger partial charge is 0.236 e. The first kappa shape index (κ1) is 19.9. The van der Waals surface area contributed by atoms with Gasteiger partial charge in [-0.2, -0.15) is 0 Å². The molecule has 1 fully saturated rings. The van der Waals surface area contributed by atoms with Crippen molar-refractivity contribution in [3.63, 3.8) is 0 Å². The summed E-state index contributed by atoms with van der Waals surface area (Å²) < 4.78 is 13.1. The molecule has 0 unspecified atom stereocenters. The fourth-order valence-electron chi connectivity index (χ4n) is 3.39. The van der Waals surface area contributed by atoms with Gasteiger partial charge in [-0.25, -0.2) is 4.39 Å². The maximum absolute atomic E-state index is 13.1. The molecule has 4 nitrogen and oxygen atoms in total. The molecule has 1 atom stereocenters. The van der Waals surface area contributed by atoms with Crippen molar-refractivity contribution in [2.45, 2.75) is 39.8 Å². The van der Waals surface area contributed by atoms with E-state index in [1.807, 2.05) is 29.0 Å². The monoisotopic (exact) mass is 349 g/mol. The van der Waals surface area contributed by atoms with Crippen LogP contribution in [0.5, 0.6) is 0 Å². The van der Waals surface area contributed by atoms with Crippen LogP contribution in [0.25, 0.3) is 0 Å².